The Morgan fingerprint density at radius 1 is 0.812 bits per heavy atom. The highest BCUT2D eigenvalue weighted by molar-refractivity contribution is 6.42. The Hall–Kier alpha value is -0.820. The molecule has 16 heavy (non-hydrogen) atoms. The summed E-state index contributed by atoms with van der Waals surface area (Å²) in [7, 11) is 0. The van der Waals surface area contributed by atoms with Gasteiger partial charge in [0.15, 0.2) is 11.6 Å². The molecule has 0 saturated heterocycles. The quantitative estimate of drug-likeness (QED) is 0.424. The highest BCUT2D eigenvalue weighted by Crippen LogP contribution is 2.38. The van der Waals surface area contributed by atoms with E-state index < -0.39 is 39.6 Å². The van der Waals surface area contributed by atoms with Gasteiger partial charge in [-0.05, 0) is 0 Å². The number of hydrogen-bond acceptors (Lipinski definition) is 1. The first-order chi connectivity index (χ1) is 7.15. The van der Waals surface area contributed by atoms with Gasteiger partial charge in [0.25, 0.3) is 0 Å². The molecule has 0 amide bonds. The van der Waals surface area contributed by atoms with Crippen LogP contribution in [0.1, 0.15) is 0 Å². The molecule has 0 saturated carbocycles. The van der Waals surface area contributed by atoms with Crippen LogP contribution in [0, 0.1) is 17.5 Å². The summed E-state index contributed by atoms with van der Waals surface area (Å²) in [6, 6.07) is 0. The Kier molecular flexibility index (Phi) is 3.49. The summed E-state index contributed by atoms with van der Waals surface area (Å²) in [5.74, 6) is -8.04. The lowest BCUT2D eigenvalue weighted by Crippen LogP contribution is -2.19. The Labute approximate surface area is 94.5 Å². The minimum absolute atomic E-state index is 1.16. The summed E-state index contributed by atoms with van der Waals surface area (Å²) < 4.78 is 76.7. The summed E-state index contributed by atoms with van der Waals surface area (Å²) in [5.41, 5.74) is 0. The Bertz CT molecular complexity index is 401. The summed E-state index contributed by atoms with van der Waals surface area (Å²) in [6.45, 7) is 0. The molecule has 0 heterocycles. The molecule has 0 bridgehead atoms. The van der Waals surface area contributed by atoms with Crippen LogP contribution in [0.3, 0.4) is 0 Å². The monoisotopic (exact) mass is 284 g/mol. The summed E-state index contributed by atoms with van der Waals surface area (Å²) >= 11 is 10.0. The van der Waals surface area contributed by atoms with Gasteiger partial charge in [-0.2, -0.15) is 4.39 Å². The van der Waals surface area contributed by atoms with E-state index in [2.05, 4.69) is 4.74 Å². The number of ether oxygens (including phenoxy) is 1. The number of benzene rings is 1. The first kappa shape index (κ1) is 13.2. The van der Waals surface area contributed by atoms with Crippen molar-refractivity contribution in [2.45, 2.75) is 6.36 Å². The van der Waals surface area contributed by atoms with E-state index in [4.69, 9.17) is 23.2 Å². The van der Waals surface area contributed by atoms with Crippen molar-refractivity contribution in [2.24, 2.45) is 0 Å². The first-order valence-electron chi connectivity index (χ1n) is 3.42. The molecule has 0 aliphatic rings. The third kappa shape index (κ3) is 2.46. The molecule has 1 nitrogen and oxygen atoms in total. The summed E-state index contributed by atoms with van der Waals surface area (Å²) in [6.07, 6.45) is -5.38. The van der Waals surface area contributed by atoms with Crippen molar-refractivity contribution in [1.82, 2.24) is 0 Å². The van der Waals surface area contributed by atoms with Crippen molar-refractivity contribution >= 4 is 23.2 Å². The standard InChI is InChI=1S/C7Cl2F6O/c8-1-2(9)4(11)6(5(12)3(1)10)16-7(13,14)15. The number of halogens is 8. The first-order valence-corrected chi connectivity index (χ1v) is 4.18. The molecular weight excluding hydrogens is 285 g/mol. The van der Waals surface area contributed by atoms with Gasteiger partial charge in [0.2, 0.25) is 11.6 Å². The number of alkyl halides is 3. The molecule has 90 valence electrons. The van der Waals surface area contributed by atoms with Crippen molar-refractivity contribution in [3.63, 3.8) is 0 Å². The van der Waals surface area contributed by atoms with Crippen LogP contribution in [0.15, 0.2) is 0 Å². The fourth-order valence-corrected chi connectivity index (χ4v) is 1.12. The van der Waals surface area contributed by atoms with Crippen molar-refractivity contribution in [2.75, 3.05) is 0 Å². The maximum atomic E-state index is 13.0. The zero-order valence-corrected chi connectivity index (χ0v) is 8.44. The minimum Gasteiger partial charge on any atom is -0.399 e. The van der Waals surface area contributed by atoms with E-state index in [1.165, 1.54) is 0 Å². The van der Waals surface area contributed by atoms with Gasteiger partial charge in [-0.3, -0.25) is 0 Å². The van der Waals surface area contributed by atoms with Crippen molar-refractivity contribution in [1.29, 1.82) is 0 Å². The molecular formula is C7Cl2F6O. The molecule has 1 aromatic carbocycles. The largest absolute Gasteiger partial charge is 0.573 e. The highest BCUT2D eigenvalue weighted by atomic mass is 35.5. The second kappa shape index (κ2) is 4.21. The molecule has 0 radical (unpaired) electrons. The van der Waals surface area contributed by atoms with Crippen molar-refractivity contribution in [3.05, 3.63) is 27.5 Å². The summed E-state index contributed by atoms with van der Waals surface area (Å²) in [4.78, 5) is 0. The minimum atomic E-state index is -5.38. The second-order valence-corrected chi connectivity index (χ2v) is 3.20. The molecule has 0 fully saturated rings. The Morgan fingerprint density at radius 3 is 1.69 bits per heavy atom. The van der Waals surface area contributed by atoms with Crippen LogP contribution in [0.2, 0.25) is 10.0 Å². The zero-order valence-electron chi connectivity index (χ0n) is 6.93. The Balaban J connectivity index is 3.40. The van der Waals surface area contributed by atoms with Crippen LogP contribution >= 0.6 is 23.2 Å². The predicted molar refractivity (Wildman–Crippen MR) is 43.0 cm³/mol. The lowest BCUT2D eigenvalue weighted by molar-refractivity contribution is -0.276. The smallest absolute Gasteiger partial charge is 0.399 e. The van der Waals surface area contributed by atoms with Crippen LogP contribution in [0.4, 0.5) is 26.3 Å². The van der Waals surface area contributed by atoms with E-state index in [0.717, 1.165) is 0 Å². The van der Waals surface area contributed by atoms with E-state index in [-0.39, 0.29) is 0 Å². The molecule has 0 atom stereocenters. The molecule has 1 rings (SSSR count). The molecule has 0 spiro atoms. The van der Waals surface area contributed by atoms with E-state index in [1.807, 2.05) is 0 Å². The lowest BCUT2D eigenvalue weighted by Gasteiger charge is -2.12. The summed E-state index contributed by atoms with van der Waals surface area (Å²) in [5, 5.41) is -2.36. The average molecular weight is 285 g/mol. The van der Waals surface area contributed by atoms with Gasteiger partial charge in [0.1, 0.15) is 10.0 Å². The van der Waals surface area contributed by atoms with Gasteiger partial charge >= 0.3 is 6.36 Å². The molecule has 0 unspecified atom stereocenters. The SMILES string of the molecule is Fc1c(F)c(OC(F)(F)F)c(F)c(Cl)c1Cl. The van der Waals surface area contributed by atoms with Crippen LogP contribution in [-0.2, 0) is 0 Å². The van der Waals surface area contributed by atoms with E-state index in [9.17, 15) is 26.3 Å². The van der Waals surface area contributed by atoms with Gasteiger partial charge in [-0.25, -0.2) is 8.78 Å². The Morgan fingerprint density at radius 2 is 1.25 bits per heavy atom. The fourth-order valence-electron chi connectivity index (χ4n) is 0.790. The van der Waals surface area contributed by atoms with Crippen LogP contribution in [0.5, 0.6) is 5.75 Å². The maximum Gasteiger partial charge on any atom is 0.573 e. The van der Waals surface area contributed by atoms with E-state index in [0.29, 0.717) is 0 Å². The van der Waals surface area contributed by atoms with Gasteiger partial charge < -0.3 is 4.74 Å². The maximum absolute atomic E-state index is 13.0. The average Bonchev–Trinajstić information content (AvgIpc) is 2.17. The van der Waals surface area contributed by atoms with Crippen LogP contribution in [0.25, 0.3) is 0 Å². The molecule has 0 N–H and O–H groups in total. The topological polar surface area (TPSA) is 9.23 Å². The molecule has 0 aliphatic carbocycles. The van der Waals surface area contributed by atoms with E-state index in [1.54, 1.807) is 0 Å². The molecule has 0 aliphatic heterocycles. The van der Waals surface area contributed by atoms with Gasteiger partial charge in [0.05, 0.1) is 0 Å². The van der Waals surface area contributed by atoms with Gasteiger partial charge in [-0.1, -0.05) is 23.2 Å². The zero-order chi connectivity index (χ0) is 12.7. The third-order valence-electron chi connectivity index (χ3n) is 1.39. The van der Waals surface area contributed by atoms with Gasteiger partial charge in [0, 0.05) is 0 Å². The van der Waals surface area contributed by atoms with Crippen LogP contribution in [-0.4, -0.2) is 6.36 Å². The van der Waals surface area contributed by atoms with Crippen molar-refractivity contribution < 1.29 is 31.1 Å². The van der Waals surface area contributed by atoms with Gasteiger partial charge in [-0.15, -0.1) is 13.2 Å². The fraction of sp³-hybridized carbons (Fsp3) is 0.143. The highest BCUT2D eigenvalue weighted by Gasteiger charge is 2.36. The number of hydrogen-bond donors (Lipinski definition) is 0. The molecule has 9 heteroatoms. The lowest BCUT2D eigenvalue weighted by atomic mass is 10.3. The van der Waals surface area contributed by atoms with Crippen LogP contribution < -0.4 is 4.74 Å². The van der Waals surface area contributed by atoms with E-state index >= 15 is 0 Å². The molecule has 0 aromatic heterocycles. The number of rotatable bonds is 1. The third-order valence-corrected chi connectivity index (χ3v) is 2.19. The molecule has 1 aromatic rings. The second-order valence-electron chi connectivity index (χ2n) is 2.45. The predicted octanol–water partition coefficient (Wildman–Crippen LogP) is 4.31. The van der Waals surface area contributed by atoms with Crippen molar-refractivity contribution in [3.8, 4) is 5.75 Å². The normalized spacial score (nSPS) is 11.8.